The highest BCUT2D eigenvalue weighted by molar-refractivity contribution is 5.93. The Morgan fingerprint density at radius 2 is 1.78 bits per heavy atom. The first-order valence-electron chi connectivity index (χ1n) is 8.65. The van der Waals surface area contributed by atoms with E-state index in [1.807, 2.05) is 0 Å². The fourth-order valence-electron chi connectivity index (χ4n) is 5.30. The number of hydrogen-bond acceptors (Lipinski definition) is 3. The van der Waals surface area contributed by atoms with Crippen molar-refractivity contribution in [3.8, 4) is 0 Å². The summed E-state index contributed by atoms with van der Waals surface area (Å²) in [5, 5.41) is 4.11. The maximum atomic E-state index is 13.8. The quantitative estimate of drug-likeness (QED) is 0.781. The summed E-state index contributed by atoms with van der Waals surface area (Å²) < 4.78 is 74.2. The third-order valence-corrected chi connectivity index (χ3v) is 6.29. The first-order valence-corrected chi connectivity index (χ1v) is 8.65. The molecule has 1 aromatic rings. The number of rotatable bonds is 5. The van der Waals surface area contributed by atoms with Crippen LogP contribution in [0.3, 0.4) is 0 Å². The lowest BCUT2D eigenvalue weighted by Crippen LogP contribution is -2.71. The summed E-state index contributed by atoms with van der Waals surface area (Å²) in [5.41, 5.74) is 1.02. The van der Waals surface area contributed by atoms with Crippen LogP contribution in [0.2, 0.25) is 0 Å². The van der Waals surface area contributed by atoms with Crippen molar-refractivity contribution in [2.24, 2.45) is 11.1 Å². The number of carbonyl (C=O) groups is 1. The molecule has 1 aromatic heterocycles. The Morgan fingerprint density at radius 3 is 2.19 bits per heavy atom. The van der Waals surface area contributed by atoms with E-state index < -0.39 is 58.5 Å². The molecule has 0 spiro atoms. The maximum Gasteiger partial charge on any atom is 0.420 e. The van der Waals surface area contributed by atoms with E-state index in [-0.39, 0.29) is 12.2 Å². The molecular weight excluding hydrogens is 373 g/mol. The van der Waals surface area contributed by atoms with Crippen molar-refractivity contribution in [1.29, 1.82) is 0 Å². The van der Waals surface area contributed by atoms with Crippen molar-refractivity contribution >= 4 is 5.91 Å². The number of carbonyl (C=O) groups excluding carboxylic acids is 1. The fourth-order valence-corrected chi connectivity index (χ4v) is 5.30. The zero-order valence-electron chi connectivity index (χ0n) is 14.9. The van der Waals surface area contributed by atoms with Crippen molar-refractivity contribution in [2.75, 3.05) is 7.11 Å². The van der Waals surface area contributed by atoms with E-state index in [1.54, 1.807) is 6.92 Å². The van der Waals surface area contributed by atoms with Gasteiger partial charge in [0.25, 0.3) is 5.91 Å². The van der Waals surface area contributed by atoms with E-state index >= 15 is 0 Å². The van der Waals surface area contributed by atoms with Gasteiger partial charge in [0.1, 0.15) is 11.3 Å². The molecule has 4 aliphatic rings. The second-order valence-corrected chi connectivity index (χ2v) is 8.81. The summed E-state index contributed by atoms with van der Waals surface area (Å²) >= 11 is 0. The number of nitrogens with two attached hydrogens (primary N) is 1. The maximum absolute atomic E-state index is 13.8. The van der Waals surface area contributed by atoms with Crippen LogP contribution in [0.5, 0.6) is 0 Å². The molecule has 1 amide bonds. The lowest BCUT2D eigenvalue weighted by atomic mass is 9.39. The highest BCUT2D eigenvalue weighted by atomic mass is 19.4. The van der Waals surface area contributed by atoms with E-state index in [1.165, 1.54) is 7.11 Å². The SMILES string of the molecule is COC12CC(c3nn(CC4(C)CC(F)(F)C4)c(C(N)=O)c3C(F)(F)F)(C1)C2. The minimum atomic E-state index is -4.82. The van der Waals surface area contributed by atoms with Crippen molar-refractivity contribution in [2.45, 2.75) is 68.7 Å². The average Bonchev–Trinajstić information content (AvgIpc) is 2.72. The van der Waals surface area contributed by atoms with Crippen LogP contribution in [-0.2, 0) is 22.9 Å². The third-order valence-electron chi connectivity index (χ3n) is 6.29. The summed E-state index contributed by atoms with van der Waals surface area (Å²) in [6.07, 6.45) is -4.57. The summed E-state index contributed by atoms with van der Waals surface area (Å²) in [7, 11) is 1.51. The number of alkyl halides is 5. The van der Waals surface area contributed by atoms with Gasteiger partial charge in [-0.3, -0.25) is 9.48 Å². The van der Waals surface area contributed by atoms with Crippen LogP contribution in [0.15, 0.2) is 0 Å². The minimum absolute atomic E-state index is 0.211. The highest BCUT2D eigenvalue weighted by Crippen LogP contribution is 2.70. The molecule has 5 rings (SSSR count). The van der Waals surface area contributed by atoms with Gasteiger partial charge in [-0.05, 0) is 24.7 Å². The standard InChI is InChI=1S/C17H20F5N3O2/c1-13(3-16(18,19)4-13)8-25-10(12(23)26)9(17(20,21)22)11(24-25)14-5-15(6-14,7-14)27-2/h3-8H2,1-2H3,(H2,23,26). The molecule has 27 heavy (non-hydrogen) atoms. The summed E-state index contributed by atoms with van der Waals surface area (Å²) in [4.78, 5) is 11.9. The molecule has 4 aliphatic carbocycles. The molecule has 0 aromatic carbocycles. The Hall–Kier alpha value is -1.71. The Bertz CT molecular complexity index is 801. The van der Waals surface area contributed by atoms with Gasteiger partial charge in [0.15, 0.2) is 0 Å². The van der Waals surface area contributed by atoms with Gasteiger partial charge < -0.3 is 10.5 Å². The Morgan fingerprint density at radius 1 is 1.22 bits per heavy atom. The summed E-state index contributed by atoms with van der Waals surface area (Å²) in [6, 6.07) is 0. The predicted molar refractivity (Wildman–Crippen MR) is 83.3 cm³/mol. The van der Waals surface area contributed by atoms with E-state index in [9.17, 15) is 26.7 Å². The number of nitrogens with zero attached hydrogens (tertiary/aromatic N) is 2. The Balaban J connectivity index is 1.75. The molecule has 2 bridgehead atoms. The van der Waals surface area contributed by atoms with Crippen molar-refractivity contribution in [3.05, 3.63) is 17.0 Å². The zero-order valence-corrected chi connectivity index (χ0v) is 14.9. The van der Waals surface area contributed by atoms with Gasteiger partial charge in [0.05, 0.1) is 11.3 Å². The van der Waals surface area contributed by atoms with Gasteiger partial charge in [0, 0.05) is 31.9 Å². The van der Waals surface area contributed by atoms with E-state index in [0.717, 1.165) is 4.68 Å². The minimum Gasteiger partial charge on any atom is -0.378 e. The lowest BCUT2D eigenvalue weighted by molar-refractivity contribution is -0.235. The second-order valence-electron chi connectivity index (χ2n) is 8.81. The normalized spacial score (nSPS) is 33.0. The molecule has 0 saturated heterocycles. The summed E-state index contributed by atoms with van der Waals surface area (Å²) in [6.45, 7) is 1.33. The van der Waals surface area contributed by atoms with Crippen LogP contribution in [0, 0.1) is 5.41 Å². The number of methoxy groups -OCH3 is 1. The van der Waals surface area contributed by atoms with E-state index in [0.29, 0.717) is 19.3 Å². The van der Waals surface area contributed by atoms with Crippen LogP contribution >= 0.6 is 0 Å². The van der Waals surface area contributed by atoms with E-state index in [4.69, 9.17) is 10.5 Å². The van der Waals surface area contributed by atoms with Gasteiger partial charge in [-0.15, -0.1) is 0 Å². The topological polar surface area (TPSA) is 70.1 Å². The van der Waals surface area contributed by atoms with Crippen molar-refractivity contribution in [1.82, 2.24) is 9.78 Å². The highest BCUT2D eigenvalue weighted by Gasteiger charge is 2.72. The van der Waals surface area contributed by atoms with Gasteiger partial charge >= 0.3 is 6.18 Å². The number of halogens is 5. The molecule has 2 N–H and O–H groups in total. The summed E-state index contributed by atoms with van der Waals surface area (Å²) in [5.74, 6) is -4.10. The molecule has 0 atom stereocenters. The third kappa shape index (κ3) is 2.59. The number of ether oxygens (including phenoxy) is 1. The molecule has 1 heterocycles. The molecule has 4 fully saturated rings. The molecule has 150 valence electrons. The number of amides is 1. The van der Waals surface area contributed by atoms with Crippen LogP contribution in [-0.4, -0.2) is 34.3 Å². The average molecular weight is 393 g/mol. The van der Waals surface area contributed by atoms with Crippen LogP contribution in [0.4, 0.5) is 22.0 Å². The molecule has 10 heteroatoms. The van der Waals surface area contributed by atoms with Crippen LogP contribution in [0.1, 0.15) is 60.8 Å². The molecule has 0 radical (unpaired) electrons. The molecule has 4 saturated carbocycles. The second kappa shape index (κ2) is 5.01. The number of aromatic nitrogens is 2. The molecule has 0 aliphatic heterocycles. The smallest absolute Gasteiger partial charge is 0.378 e. The largest absolute Gasteiger partial charge is 0.420 e. The number of primary amides is 1. The molecule has 0 unspecified atom stereocenters. The van der Waals surface area contributed by atoms with Crippen molar-refractivity contribution in [3.63, 3.8) is 0 Å². The first-order chi connectivity index (χ1) is 12.2. The monoisotopic (exact) mass is 393 g/mol. The van der Waals surface area contributed by atoms with Crippen molar-refractivity contribution < 1.29 is 31.5 Å². The van der Waals surface area contributed by atoms with Gasteiger partial charge in [-0.1, -0.05) is 6.92 Å². The Labute approximate surface area is 152 Å². The Kier molecular flexibility index (Phi) is 3.46. The van der Waals surface area contributed by atoms with Crippen LogP contribution in [0.25, 0.3) is 0 Å². The van der Waals surface area contributed by atoms with Crippen LogP contribution < -0.4 is 5.73 Å². The molecular formula is C17H20F5N3O2. The fraction of sp³-hybridized carbons (Fsp3) is 0.765. The molecule has 5 nitrogen and oxygen atoms in total. The van der Waals surface area contributed by atoms with E-state index in [2.05, 4.69) is 5.10 Å². The number of hydrogen-bond donors (Lipinski definition) is 1. The zero-order chi connectivity index (χ0) is 20.0. The van der Waals surface area contributed by atoms with Gasteiger partial charge in [-0.2, -0.15) is 18.3 Å². The van der Waals surface area contributed by atoms with Gasteiger partial charge in [0.2, 0.25) is 5.92 Å². The first kappa shape index (κ1) is 18.6. The lowest BCUT2D eigenvalue weighted by Gasteiger charge is -2.68. The van der Waals surface area contributed by atoms with Gasteiger partial charge in [-0.25, -0.2) is 8.78 Å². The predicted octanol–water partition coefficient (Wildman–Crippen LogP) is 3.26.